The molecule has 12 heteroatoms. The molecule has 2 rings (SSSR count). The number of carbonyl (C=O) groups is 1. The fourth-order valence-electron chi connectivity index (χ4n) is 3.09. The topological polar surface area (TPSA) is 74.3 Å². The lowest BCUT2D eigenvalue weighted by Crippen LogP contribution is -2.60. The molecule has 0 bridgehead atoms. The maximum Gasteiger partial charge on any atom is 0.415 e. The summed E-state index contributed by atoms with van der Waals surface area (Å²) in [5.41, 5.74) is -2.91. The van der Waals surface area contributed by atoms with E-state index < -0.39 is 58.2 Å². The molecular formula is C24H28F6N2O3S. The van der Waals surface area contributed by atoms with Crippen molar-refractivity contribution < 1.29 is 40.4 Å². The van der Waals surface area contributed by atoms with E-state index in [1.54, 1.807) is 13.0 Å². The van der Waals surface area contributed by atoms with E-state index in [1.165, 1.54) is 45.2 Å². The third kappa shape index (κ3) is 8.10. The quantitative estimate of drug-likeness (QED) is 0.169. The minimum atomic E-state index is -5.07. The maximum absolute atomic E-state index is 14.7. The van der Waals surface area contributed by atoms with Crippen LogP contribution in [0.25, 0.3) is 0 Å². The van der Waals surface area contributed by atoms with E-state index in [0.29, 0.717) is 5.56 Å². The van der Waals surface area contributed by atoms with Gasteiger partial charge in [-0.1, -0.05) is 18.2 Å². The third-order valence-electron chi connectivity index (χ3n) is 5.15. The minimum Gasteiger partial charge on any atom is -0.598 e. The van der Waals surface area contributed by atoms with Crippen molar-refractivity contribution in [2.24, 2.45) is 0 Å². The molecule has 36 heavy (non-hydrogen) atoms. The Hall–Kier alpha value is -2.31. The van der Waals surface area contributed by atoms with E-state index in [4.69, 9.17) is 4.74 Å². The first kappa shape index (κ1) is 29.9. The smallest absolute Gasteiger partial charge is 0.415 e. The Morgan fingerprint density at radius 1 is 1.03 bits per heavy atom. The van der Waals surface area contributed by atoms with Crippen LogP contribution in [0.1, 0.15) is 61.6 Å². The number of hydrogen-bond acceptors (Lipinski definition) is 5. The lowest BCUT2D eigenvalue weighted by molar-refractivity contribution is -0.194. The molecule has 0 unspecified atom stereocenters. The van der Waals surface area contributed by atoms with Gasteiger partial charge in [0.15, 0.2) is 11.3 Å². The van der Waals surface area contributed by atoms with E-state index in [-0.39, 0.29) is 24.5 Å². The van der Waals surface area contributed by atoms with Crippen LogP contribution in [0.2, 0.25) is 0 Å². The van der Waals surface area contributed by atoms with Crippen molar-refractivity contribution in [1.29, 1.82) is 0 Å². The zero-order valence-corrected chi connectivity index (χ0v) is 21.0. The first-order valence-electron chi connectivity index (χ1n) is 11.0. The van der Waals surface area contributed by atoms with Gasteiger partial charge in [-0.15, -0.1) is 4.72 Å². The van der Waals surface area contributed by atoms with E-state index in [1.807, 2.05) is 0 Å². The molecular weight excluding hydrogens is 510 g/mol. The van der Waals surface area contributed by atoms with Gasteiger partial charge in [0.25, 0.3) is 0 Å². The average Bonchev–Trinajstić information content (AvgIpc) is 2.75. The van der Waals surface area contributed by atoms with Gasteiger partial charge in [-0.25, -0.2) is 0 Å². The minimum absolute atomic E-state index is 0.0560. The highest BCUT2D eigenvalue weighted by Crippen LogP contribution is 2.44. The summed E-state index contributed by atoms with van der Waals surface area (Å²) < 4.78 is 100. The standard InChI is InChI=1S/C24H28F6N2O3S/c1-16-6-11-19(31-15-16)20(33)14-22(24(28,29)30,32-36(34)21(2,3)4)17-7-9-18(10-8-17)35-13-5-12-23(25,26)27/h6-11,15,32H,5,12-14H2,1-4H3/t22-,36-/m0/s1. The molecule has 1 N–H and O–H groups in total. The Balaban J connectivity index is 2.42. The number of carbonyl (C=O) groups excluding carboxylic acids is 1. The van der Waals surface area contributed by atoms with E-state index in [9.17, 15) is 35.7 Å². The van der Waals surface area contributed by atoms with Crippen LogP contribution < -0.4 is 9.46 Å². The summed E-state index contributed by atoms with van der Waals surface area (Å²) >= 11 is -2.23. The normalized spacial score (nSPS) is 15.3. The molecule has 2 atom stereocenters. The van der Waals surface area contributed by atoms with Gasteiger partial charge in [0.05, 0.1) is 6.61 Å². The second-order valence-electron chi connectivity index (χ2n) is 9.30. The predicted molar refractivity (Wildman–Crippen MR) is 124 cm³/mol. The van der Waals surface area contributed by atoms with Crippen molar-refractivity contribution in [3.63, 3.8) is 0 Å². The van der Waals surface area contributed by atoms with Crippen LogP contribution in [-0.2, 0) is 16.9 Å². The highest BCUT2D eigenvalue weighted by atomic mass is 32.2. The van der Waals surface area contributed by atoms with E-state index >= 15 is 0 Å². The molecule has 0 aliphatic carbocycles. The summed E-state index contributed by atoms with van der Waals surface area (Å²) in [6.45, 7) is 5.88. The van der Waals surface area contributed by atoms with Crippen LogP contribution in [0.15, 0.2) is 42.6 Å². The molecule has 1 aromatic carbocycles. The number of pyridine rings is 1. The molecule has 0 radical (unpaired) electrons. The maximum atomic E-state index is 14.7. The molecule has 0 amide bonds. The zero-order valence-electron chi connectivity index (χ0n) is 20.2. The SMILES string of the molecule is Cc1ccc(C(=O)C[C@](N[S@@+]([O-])C(C)(C)C)(c2ccc(OCCCC(F)(F)F)cc2)C(F)(F)F)nc1. The number of nitrogens with one attached hydrogen (secondary N) is 1. The number of nitrogens with zero attached hydrogens (tertiary/aromatic N) is 1. The van der Waals surface area contributed by atoms with Crippen molar-refractivity contribution >= 4 is 17.1 Å². The number of halogens is 6. The Morgan fingerprint density at radius 3 is 2.11 bits per heavy atom. The number of ether oxygens (including phenoxy) is 1. The first-order valence-corrected chi connectivity index (χ1v) is 12.1. The van der Waals surface area contributed by atoms with Gasteiger partial charge in [-0.2, -0.15) is 26.3 Å². The predicted octanol–water partition coefficient (Wildman–Crippen LogP) is 6.19. The fourth-order valence-corrected chi connectivity index (χ4v) is 4.02. The molecule has 0 saturated heterocycles. The molecule has 0 aliphatic heterocycles. The largest absolute Gasteiger partial charge is 0.598 e. The second kappa shape index (κ2) is 11.4. The van der Waals surface area contributed by atoms with Crippen molar-refractivity contribution in [3.05, 3.63) is 59.4 Å². The highest BCUT2D eigenvalue weighted by molar-refractivity contribution is 7.90. The van der Waals surface area contributed by atoms with Gasteiger partial charge < -0.3 is 9.29 Å². The molecule has 2 aromatic rings. The summed E-state index contributed by atoms with van der Waals surface area (Å²) in [6, 6.07) is 7.29. The Kier molecular flexibility index (Phi) is 9.46. The van der Waals surface area contributed by atoms with Gasteiger partial charge in [0.1, 0.15) is 16.2 Å². The Labute approximate surface area is 209 Å². The molecule has 0 fully saturated rings. The summed E-state index contributed by atoms with van der Waals surface area (Å²) in [7, 11) is 0. The van der Waals surface area contributed by atoms with Crippen molar-refractivity contribution in [1.82, 2.24) is 9.71 Å². The number of hydrogen-bond donors (Lipinski definition) is 1. The molecule has 5 nitrogen and oxygen atoms in total. The number of Topliss-reactive ketones (excluding diaryl/α,β-unsaturated/α-hetero) is 1. The number of aromatic nitrogens is 1. The third-order valence-corrected chi connectivity index (χ3v) is 6.80. The number of alkyl halides is 6. The van der Waals surface area contributed by atoms with Crippen LogP contribution in [0.5, 0.6) is 5.75 Å². The van der Waals surface area contributed by atoms with Gasteiger partial charge in [0.2, 0.25) is 0 Å². The molecule has 1 heterocycles. The molecule has 0 aliphatic rings. The van der Waals surface area contributed by atoms with Crippen LogP contribution in [0, 0.1) is 6.92 Å². The van der Waals surface area contributed by atoms with Gasteiger partial charge in [-0.05, 0) is 63.4 Å². The number of aryl methyl sites for hydroxylation is 1. The average molecular weight is 539 g/mol. The summed E-state index contributed by atoms with van der Waals surface area (Å²) in [5.74, 6) is -0.862. The summed E-state index contributed by atoms with van der Waals surface area (Å²) in [4.78, 5) is 16.8. The van der Waals surface area contributed by atoms with Crippen molar-refractivity contribution in [2.45, 2.75) is 69.6 Å². The van der Waals surface area contributed by atoms with Gasteiger partial charge >= 0.3 is 12.4 Å². The monoisotopic (exact) mass is 538 g/mol. The molecule has 0 spiro atoms. The van der Waals surface area contributed by atoms with Crippen LogP contribution in [-0.4, -0.2) is 39.0 Å². The van der Waals surface area contributed by atoms with E-state index in [0.717, 1.165) is 12.1 Å². The highest BCUT2D eigenvalue weighted by Gasteiger charge is 2.61. The summed E-state index contributed by atoms with van der Waals surface area (Å²) in [6.07, 6.45) is -10.5. The molecule has 0 saturated carbocycles. The molecule has 200 valence electrons. The van der Waals surface area contributed by atoms with Gasteiger partial charge in [-0.3, -0.25) is 9.78 Å². The first-order chi connectivity index (χ1) is 16.4. The van der Waals surface area contributed by atoms with Gasteiger partial charge in [0, 0.05) is 30.4 Å². The number of ketones is 1. The number of rotatable bonds is 10. The number of benzene rings is 1. The van der Waals surface area contributed by atoms with Crippen LogP contribution in [0.3, 0.4) is 0 Å². The van der Waals surface area contributed by atoms with Crippen molar-refractivity contribution in [2.75, 3.05) is 6.61 Å². The fraction of sp³-hybridized carbons (Fsp3) is 0.500. The zero-order chi connectivity index (χ0) is 27.4. The lowest BCUT2D eigenvalue weighted by atomic mass is 9.84. The Bertz CT molecular complexity index is 1000. The second-order valence-corrected chi connectivity index (χ2v) is 11.3. The molecule has 1 aromatic heterocycles. The lowest BCUT2D eigenvalue weighted by Gasteiger charge is -2.38. The Morgan fingerprint density at radius 2 is 1.64 bits per heavy atom. The summed E-state index contributed by atoms with van der Waals surface area (Å²) in [5, 5.41) is 0. The van der Waals surface area contributed by atoms with Crippen molar-refractivity contribution in [3.8, 4) is 5.75 Å². The van der Waals surface area contributed by atoms with Crippen LogP contribution in [0.4, 0.5) is 26.3 Å². The van der Waals surface area contributed by atoms with E-state index in [2.05, 4.69) is 9.71 Å². The van der Waals surface area contributed by atoms with Crippen LogP contribution >= 0.6 is 0 Å².